The molecule has 2 rings (SSSR count). The molecule has 4 heteroatoms. The van der Waals surface area contributed by atoms with Crippen LogP contribution in [0.4, 0.5) is 0 Å². The van der Waals surface area contributed by atoms with Crippen molar-refractivity contribution in [2.75, 3.05) is 19.6 Å². The Hall–Kier alpha value is -1.00. The first-order valence-electron chi connectivity index (χ1n) is 6.98. The van der Waals surface area contributed by atoms with Gasteiger partial charge in [0.15, 0.2) is 0 Å². The molecular weight excluding hydrogens is 224 g/mol. The molecule has 1 aliphatic rings. The van der Waals surface area contributed by atoms with Crippen molar-refractivity contribution in [1.29, 1.82) is 0 Å². The summed E-state index contributed by atoms with van der Waals surface area (Å²) < 4.78 is 0. The first-order valence-corrected chi connectivity index (χ1v) is 6.98. The summed E-state index contributed by atoms with van der Waals surface area (Å²) in [4.78, 5) is 10.8. The van der Waals surface area contributed by atoms with Crippen molar-refractivity contribution < 1.29 is 0 Å². The highest BCUT2D eigenvalue weighted by atomic mass is 15.1. The van der Waals surface area contributed by atoms with Gasteiger partial charge in [0.25, 0.3) is 0 Å². The van der Waals surface area contributed by atoms with E-state index in [1.807, 2.05) is 12.3 Å². The maximum absolute atomic E-state index is 4.32. The van der Waals surface area contributed by atoms with E-state index in [1.54, 1.807) is 6.33 Å². The summed E-state index contributed by atoms with van der Waals surface area (Å²) in [5, 5.41) is 3.65. The molecule has 100 valence electrons. The second-order valence-corrected chi connectivity index (χ2v) is 5.34. The third-order valence-electron chi connectivity index (χ3n) is 3.64. The van der Waals surface area contributed by atoms with Gasteiger partial charge in [0.1, 0.15) is 6.33 Å². The highest BCUT2D eigenvalue weighted by Crippen LogP contribution is 2.11. The van der Waals surface area contributed by atoms with Gasteiger partial charge in [-0.3, -0.25) is 4.90 Å². The van der Waals surface area contributed by atoms with Gasteiger partial charge < -0.3 is 5.32 Å². The SMILES string of the molecule is CCC1CCN(Cc2ccncn2)CC(C)CN1. The minimum absolute atomic E-state index is 0.667. The summed E-state index contributed by atoms with van der Waals surface area (Å²) in [6, 6.07) is 2.68. The van der Waals surface area contributed by atoms with Crippen LogP contribution in [0.15, 0.2) is 18.6 Å². The fourth-order valence-electron chi connectivity index (χ4n) is 2.54. The molecule has 1 aliphatic heterocycles. The van der Waals surface area contributed by atoms with Crippen molar-refractivity contribution >= 4 is 0 Å². The van der Waals surface area contributed by atoms with Gasteiger partial charge in [-0.2, -0.15) is 0 Å². The molecule has 0 aliphatic carbocycles. The minimum Gasteiger partial charge on any atom is -0.314 e. The highest BCUT2D eigenvalue weighted by molar-refractivity contribution is 4.97. The van der Waals surface area contributed by atoms with Gasteiger partial charge in [-0.15, -0.1) is 0 Å². The van der Waals surface area contributed by atoms with Crippen molar-refractivity contribution in [2.24, 2.45) is 5.92 Å². The molecule has 1 N–H and O–H groups in total. The van der Waals surface area contributed by atoms with Crippen LogP contribution < -0.4 is 5.32 Å². The maximum Gasteiger partial charge on any atom is 0.115 e. The number of nitrogens with zero attached hydrogens (tertiary/aromatic N) is 3. The van der Waals surface area contributed by atoms with E-state index in [9.17, 15) is 0 Å². The first-order chi connectivity index (χ1) is 8.78. The topological polar surface area (TPSA) is 41.1 Å². The Labute approximate surface area is 110 Å². The van der Waals surface area contributed by atoms with E-state index in [2.05, 4.69) is 34.0 Å². The largest absolute Gasteiger partial charge is 0.314 e. The Bertz CT molecular complexity index is 341. The lowest BCUT2D eigenvalue weighted by Gasteiger charge is -2.31. The van der Waals surface area contributed by atoms with Crippen LogP contribution in [-0.2, 0) is 6.54 Å². The van der Waals surface area contributed by atoms with E-state index in [-0.39, 0.29) is 0 Å². The number of hydrogen-bond donors (Lipinski definition) is 1. The summed E-state index contributed by atoms with van der Waals surface area (Å²) in [5.74, 6) is 0.696. The molecule has 18 heavy (non-hydrogen) atoms. The third-order valence-corrected chi connectivity index (χ3v) is 3.64. The lowest BCUT2D eigenvalue weighted by molar-refractivity contribution is 0.188. The lowest BCUT2D eigenvalue weighted by Crippen LogP contribution is -2.43. The molecule has 0 bridgehead atoms. The molecule has 0 saturated carbocycles. The van der Waals surface area contributed by atoms with Crippen LogP contribution >= 0.6 is 0 Å². The van der Waals surface area contributed by atoms with Crippen molar-refractivity contribution in [3.63, 3.8) is 0 Å². The average molecular weight is 248 g/mol. The average Bonchev–Trinajstić information content (AvgIpc) is 2.37. The molecular formula is C14H24N4. The van der Waals surface area contributed by atoms with E-state index < -0.39 is 0 Å². The van der Waals surface area contributed by atoms with Crippen molar-refractivity contribution in [3.8, 4) is 0 Å². The van der Waals surface area contributed by atoms with Crippen LogP contribution in [0.1, 0.15) is 32.4 Å². The highest BCUT2D eigenvalue weighted by Gasteiger charge is 2.18. The number of aromatic nitrogens is 2. The Kier molecular flexibility index (Phi) is 5.08. The summed E-state index contributed by atoms with van der Waals surface area (Å²) in [6.07, 6.45) is 5.91. The normalized spacial score (nSPS) is 26.6. The number of hydrogen-bond acceptors (Lipinski definition) is 4. The second-order valence-electron chi connectivity index (χ2n) is 5.34. The van der Waals surface area contributed by atoms with Crippen LogP contribution in [0.5, 0.6) is 0 Å². The summed E-state index contributed by atoms with van der Waals surface area (Å²) in [6.45, 7) is 8.95. The van der Waals surface area contributed by atoms with Crippen LogP contribution in [0.25, 0.3) is 0 Å². The van der Waals surface area contributed by atoms with E-state index in [4.69, 9.17) is 0 Å². The predicted octanol–water partition coefficient (Wildman–Crippen LogP) is 1.69. The standard InChI is InChI=1S/C14H24N4/c1-3-13-5-7-18(9-12(2)8-16-13)10-14-4-6-15-11-17-14/h4,6,11-13,16H,3,5,7-10H2,1-2H3. The fourth-order valence-corrected chi connectivity index (χ4v) is 2.54. The quantitative estimate of drug-likeness (QED) is 0.884. The predicted molar refractivity (Wildman–Crippen MR) is 73.2 cm³/mol. The Morgan fingerprint density at radius 1 is 1.50 bits per heavy atom. The van der Waals surface area contributed by atoms with Crippen LogP contribution in [0.2, 0.25) is 0 Å². The van der Waals surface area contributed by atoms with Gasteiger partial charge in [0, 0.05) is 31.9 Å². The van der Waals surface area contributed by atoms with E-state index >= 15 is 0 Å². The molecule has 2 heterocycles. The van der Waals surface area contributed by atoms with Gasteiger partial charge in [-0.05, 0) is 31.4 Å². The molecule has 0 spiro atoms. The number of nitrogens with one attached hydrogen (secondary N) is 1. The van der Waals surface area contributed by atoms with Crippen LogP contribution in [-0.4, -0.2) is 40.5 Å². The third kappa shape index (κ3) is 4.03. The van der Waals surface area contributed by atoms with Crippen molar-refractivity contribution in [2.45, 2.75) is 39.3 Å². The summed E-state index contributed by atoms with van der Waals surface area (Å²) >= 11 is 0. The number of rotatable bonds is 3. The molecule has 2 atom stereocenters. The Balaban J connectivity index is 1.93. The Morgan fingerprint density at radius 2 is 2.39 bits per heavy atom. The summed E-state index contributed by atoms with van der Waals surface area (Å²) in [7, 11) is 0. The lowest BCUT2D eigenvalue weighted by atomic mass is 10.0. The van der Waals surface area contributed by atoms with E-state index in [0.29, 0.717) is 12.0 Å². The van der Waals surface area contributed by atoms with Crippen molar-refractivity contribution in [3.05, 3.63) is 24.3 Å². The molecule has 0 aromatic carbocycles. The zero-order chi connectivity index (χ0) is 12.8. The van der Waals surface area contributed by atoms with Gasteiger partial charge >= 0.3 is 0 Å². The second kappa shape index (κ2) is 6.81. The van der Waals surface area contributed by atoms with Crippen molar-refractivity contribution in [1.82, 2.24) is 20.2 Å². The minimum atomic E-state index is 0.667. The maximum atomic E-state index is 4.32. The molecule has 0 amide bonds. The first kappa shape index (κ1) is 13.4. The van der Waals surface area contributed by atoms with Gasteiger partial charge in [0.2, 0.25) is 0 Å². The molecule has 1 fully saturated rings. The van der Waals surface area contributed by atoms with Gasteiger partial charge in [-0.1, -0.05) is 13.8 Å². The monoisotopic (exact) mass is 248 g/mol. The molecule has 0 radical (unpaired) electrons. The molecule has 2 unspecified atom stereocenters. The zero-order valence-electron chi connectivity index (χ0n) is 11.5. The molecule has 4 nitrogen and oxygen atoms in total. The van der Waals surface area contributed by atoms with E-state index in [1.165, 1.54) is 12.8 Å². The van der Waals surface area contributed by atoms with Crippen LogP contribution in [0.3, 0.4) is 0 Å². The van der Waals surface area contributed by atoms with Gasteiger partial charge in [-0.25, -0.2) is 9.97 Å². The molecule has 1 aromatic rings. The zero-order valence-corrected chi connectivity index (χ0v) is 11.5. The Morgan fingerprint density at radius 3 is 3.11 bits per heavy atom. The van der Waals surface area contributed by atoms with E-state index in [0.717, 1.165) is 31.9 Å². The van der Waals surface area contributed by atoms with Gasteiger partial charge in [0.05, 0.1) is 5.69 Å². The smallest absolute Gasteiger partial charge is 0.115 e. The fraction of sp³-hybridized carbons (Fsp3) is 0.714. The van der Waals surface area contributed by atoms with Crippen LogP contribution in [0, 0.1) is 5.92 Å². The summed E-state index contributed by atoms with van der Waals surface area (Å²) in [5.41, 5.74) is 1.12. The molecule has 1 saturated heterocycles. The molecule has 1 aromatic heterocycles.